The quantitative estimate of drug-likeness (QED) is 0.584. The second-order valence-corrected chi connectivity index (χ2v) is 6.21. The molecule has 3 rings (SSSR count). The van der Waals surface area contributed by atoms with Crippen LogP contribution in [0, 0.1) is 0 Å². The maximum Gasteiger partial charge on any atom is 0.279 e. The fraction of sp³-hybridized carbons (Fsp3) is 0.118. The Morgan fingerprint density at radius 1 is 1.20 bits per heavy atom. The Hall–Kier alpha value is -2.87. The summed E-state index contributed by atoms with van der Waals surface area (Å²) < 4.78 is 6.38. The molecule has 0 fully saturated rings. The fourth-order valence-electron chi connectivity index (χ4n) is 2.17. The Morgan fingerprint density at radius 2 is 2.04 bits per heavy atom. The molecule has 1 unspecified atom stereocenters. The maximum atomic E-state index is 12.1. The van der Waals surface area contributed by atoms with Crippen molar-refractivity contribution in [2.75, 3.05) is 0 Å². The molecule has 3 N–H and O–H groups in total. The number of hydrazine groups is 1. The second kappa shape index (κ2) is 7.35. The van der Waals surface area contributed by atoms with Crippen LogP contribution in [0.3, 0.4) is 0 Å². The van der Waals surface area contributed by atoms with Crippen molar-refractivity contribution in [2.45, 2.75) is 13.0 Å². The third-order valence-corrected chi connectivity index (χ3v) is 3.95. The smallest absolute Gasteiger partial charge is 0.279 e. The third-order valence-electron chi connectivity index (χ3n) is 3.46. The molecule has 0 aliphatic rings. The molecule has 1 aromatic heterocycles. The van der Waals surface area contributed by atoms with E-state index in [1.807, 2.05) is 6.07 Å². The van der Waals surface area contributed by atoms with Crippen LogP contribution >= 0.6 is 15.9 Å². The van der Waals surface area contributed by atoms with Crippen LogP contribution in [0.2, 0.25) is 0 Å². The highest BCUT2D eigenvalue weighted by Crippen LogP contribution is 2.18. The standard InChI is InChI=1S/C17H15BrN4O3/c1-10(25-13-4-2-3-12(18)8-13)16(23)21-22-17(24)11-5-6-14-15(7-11)20-9-19-14/h2-10H,1H3,(H,19,20)(H,21,23)(H,22,24). The zero-order valence-electron chi connectivity index (χ0n) is 13.2. The molecule has 2 aromatic carbocycles. The number of carbonyl (C=O) groups excluding carboxylic acids is 2. The van der Waals surface area contributed by atoms with Crippen LogP contribution in [-0.4, -0.2) is 27.9 Å². The van der Waals surface area contributed by atoms with Gasteiger partial charge in [0, 0.05) is 10.0 Å². The van der Waals surface area contributed by atoms with E-state index in [2.05, 4.69) is 36.7 Å². The number of nitrogens with zero attached hydrogens (tertiary/aromatic N) is 1. The number of aromatic amines is 1. The number of aromatic nitrogens is 2. The Balaban J connectivity index is 1.56. The van der Waals surface area contributed by atoms with Gasteiger partial charge in [0.15, 0.2) is 6.10 Å². The maximum absolute atomic E-state index is 12.1. The minimum absolute atomic E-state index is 0.401. The lowest BCUT2D eigenvalue weighted by molar-refractivity contribution is -0.128. The average Bonchev–Trinajstić information content (AvgIpc) is 3.07. The van der Waals surface area contributed by atoms with Gasteiger partial charge in [-0.25, -0.2) is 4.98 Å². The van der Waals surface area contributed by atoms with Crippen molar-refractivity contribution in [2.24, 2.45) is 0 Å². The number of fused-ring (bicyclic) bond motifs is 1. The molecule has 0 bridgehead atoms. The van der Waals surface area contributed by atoms with E-state index in [4.69, 9.17) is 4.74 Å². The highest BCUT2D eigenvalue weighted by molar-refractivity contribution is 9.10. The van der Waals surface area contributed by atoms with Crippen molar-refractivity contribution in [3.05, 3.63) is 58.8 Å². The first-order valence-electron chi connectivity index (χ1n) is 7.48. The van der Waals surface area contributed by atoms with Gasteiger partial charge in [0.25, 0.3) is 11.8 Å². The van der Waals surface area contributed by atoms with E-state index in [0.29, 0.717) is 11.3 Å². The van der Waals surface area contributed by atoms with E-state index in [1.165, 1.54) is 0 Å². The number of halogens is 1. The predicted octanol–water partition coefficient (Wildman–Crippen LogP) is 2.55. The monoisotopic (exact) mass is 402 g/mol. The first-order chi connectivity index (χ1) is 12.0. The zero-order chi connectivity index (χ0) is 17.8. The summed E-state index contributed by atoms with van der Waals surface area (Å²) in [6.45, 7) is 1.60. The van der Waals surface area contributed by atoms with Gasteiger partial charge in [0.2, 0.25) is 0 Å². The van der Waals surface area contributed by atoms with E-state index in [9.17, 15) is 9.59 Å². The van der Waals surface area contributed by atoms with Gasteiger partial charge >= 0.3 is 0 Å². The summed E-state index contributed by atoms with van der Waals surface area (Å²) in [6.07, 6.45) is 0.777. The fourth-order valence-corrected chi connectivity index (χ4v) is 2.55. The van der Waals surface area contributed by atoms with Crippen molar-refractivity contribution in [1.82, 2.24) is 20.8 Å². The zero-order valence-corrected chi connectivity index (χ0v) is 14.8. The number of ether oxygens (including phenoxy) is 1. The molecule has 2 amide bonds. The molecular formula is C17H15BrN4O3. The molecule has 1 heterocycles. The van der Waals surface area contributed by atoms with Crippen LogP contribution in [-0.2, 0) is 4.79 Å². The van der Waals surface area contributed by atoms with Crippen LogP contribution in [0.25, 0.3) is 11.0 Å². The van der Waals surface area contributed by atoms with Gasteiger partial charge in [0.05, 0.1) is 17.4 Å². The first-order valence-corrected chi connectivity index (χ1v) is 8.28. The van der Waals surface area contributed by atoms with Crippen molar-refractivity contribution in [1.29, 1.82) is 0 Å². The summed E-state index contributed by atoms with van der Waals surface area (Å²) in [5, 5.41) is 0. The largest absolute Gasteiger partial charge is 0.481 e. The number of amides is 2. The number of imidazole rings is 1. The molecule has 1 atom stereocenters. The molecule has 0 aliphatic heterocycles. The van der Waals surface area contributed by atoms with Crippen molar-refractivity contribution < 1.29 is 14.3 Å². The number of hydrogen-bond acceptors (Lipinski definition) is 4. The number of carbonyl (C=O) groups is 2. The van der Waals surface area contributed by atoms with E-state index in [1.54, 1.807) is 49.6 Å². The molecule has 0 spiro atoms. The average molecular weight is 403 g/mol. The molecule has 7 nitrogen and oxygen atoms in total. The summed E-state index contributed by atoms with van der Waals surface area (Å²) in [4.78, 5) is 31.2. The van der Waals surface area contributed by atoms with Crippen LogP contribution in [0.5, 0.6) is 5.75 Å². The van der Waals surface area contributed by atoms with Gasteiger partial charge < -0.3 is 9.72 Å². The Labute approximate surface area is 151 Å². The lowest BCUT2D eigenvalue weighted by Crippen LogP contribution is -2.47. The first kappa shape index (κ1) is 17.0. The summed E-state index contributed by atoms with van der Waals surface area (Å²) in [5.74, 6) is -0.344. The summed E-state index contributed by atoms with van der Waals surface area (Å²) in [6, 6.07) is 12.2. The molecule has 0 aliphatic carbocycles. The van der Waals surface area contributed by atoms with Gasteiger partial charge in [-0.15, -0.1) is 0 Å². The van der Waals surface area contributed by atoms with Gasteiger partial charge in [0.1, 0.15) is 5.75 Å². The molecule has 0 saturated carbocycles. The predicted molar refractivity (Wildman–Crippen MR) is 95.9 cm³/mol. The lowest BCUT2D eigenvalue weighted by Gasteiger charge is -2.15. The number of rotatable bonds is 4. The minimum Gasteiger partial charge on any atom is -0.481 e. The Morgan fingerprint density at radius 3 is 2.84 bits per heavy atom. The van der Waals surface area contributed by atoms with Crippen LogP contribution in [0.15, 0.2) is 53.3 Å². The van der Waals surface area contributed by atoms with Crippen molar-refractivity contribution in [3.63, 3.8) is 0 Å². The second-order valence-electron chi connectivity index (χ2n) is 5.30. The van der Waals surface area contributed by atoms with E-state index >= 15 is 0 Å². The normalized spacial score (nSPS) is 11.8. The van der Waals surface area contributed by atoms with E-state index in [0.717, 1.165) is 15.5 Å². The highest BCUT2D eigenvalue weighted by Gasteiger charge is 2.16. The molecule has 25 heavy (non-hydrogen) atoms. The van der Waals surface area contributed by atoms with Crippen molar-refractivity contribution in [3.8, 4) is 5.75 Å². The van der Waals surface area contributed by atoms with Crippen LogP contribution in [0.4, 0.5) is 0 Å². The highest BCUT2D eigenvalue weighted by atomic mass is 79.9. The van der Waals surface area contributed by atoms with Gasteiger partial charge in [-0.2, -0.15) is 0 Å². The van der Waals surface area contributed by atoms with Crippen LogP contribution < -0.4 is 15.6 Å². The number of hydrogen-bond donors (Lipinski definition) is 3. The van der Waals surface area contributed by atoms with Gasteiger partial charge in [-0.3, -0.25) is 20.4 Å². The molecular weight excluding hydrogens is 388 g/mol. The lowest BCUT2D eigenvalue weighted by atomic mass is 10.2. The summed E-state index contributed by atoms with van der Waals surface area (Å²) >= 11 is 3.33. The SMILES string of the molecule is CC(Oc1cccc(Br)c1)C(=O)NNC(=O)c1ccc2nc[nH]c2c1. The van der Waals surface area contributed by atoms with Crippen molar-refractivity contribution >= 4 is 38.8 Å². The van der Waals surface area contributed by atoms with E-state index < -0.39 is 17.9 Å². The molecule has 0 saturated heterocycles. The number of nitrogens with one attached hydrogen (secondary N) is 3. The minimum atomic E-state index is -0.773. The van der Waals surface area contributed by atoms with Crippen LogP contribution in [0.1, 0.15) is 17.3 Å². The van der Waals surface area contributed by atoms with Gasteiger partial charge in [-0.1, -0.05) is 22.0 Å². The Bertz CT molecular complexity index is 925. The van der Waals surface area contributed by atoms with E-state index in [-0.39, 0.29) is 0 Å². The molecule has 3 aromatic rings. The topological polar surface area (TPSA) is 96.1 Å². The Kier molecular flexibility index (Phi) is 4.99. The number of benzene rings is 2. The summed E-state index contributed by atoms with van der Waals surface area (Å²) in [7, 11) is 0. The number of H-pyrrole nitrogens is 1. The molecule has 8 heteroatoms. The molecule has 128 valence electrons. The molecule has 0 radical (unpaired) electrons. The van der Waals surface area contributed by atoms with Gasteiger partial charge in [-0.05, 0) is 43.3 Å². The summed E-state index contributed by atoms with van der Waals surface area (Å²) in [5.41, 5.74) is 6.63. The third kappa shape index (κ3) is 4.16.